The number of hydrogen-bond acceptors (Lipinski definition) is 4. The van der Waals surface area contributed by atoms with E-state index in [2.05, 4.69) is 10.6 Å². The van der Waals surface area contributed by atoms with Crippen molar-refractivity contribution in [2.75, 3.05) is 5.32 Å². The van der Waals surface area contributed by atoms with Crippen LogP contribution >= 0.6 is 11.6 Å². The number of nitrogens with zero attached hydrogens (tertiary/aromatic N) is 1. The highest BCUT2D eigenvalue weighted by atomic mass is 35.5. The largest absolute Gasteiger partial charge is 0.344 e. The summed E-state index contributed by atoms with van der Waals surface area (Å²) < 4.78 is 0. The Bertz CT molecular complexity index is 764. The van der Waals surface area contributed by atoms with E-state index in [4.69, 9.17) is 11.6 Å². The fourth-order valence-corrected chi connectivity index (χ4v) is 1.99. The molecule has 0 saturated heterocycles. The second-order valence-corrected chi connectivity index (χ2v) is 4.94. The van der Waals surface area contributed by atoms with Crippen molar-refractivity contribution in [3.8, 4) is 0 Å². The third-order valence-electron chi connectivity index (χ3n) is 2.92. The molecule has 8 heteroatoms. The molecule has 118 valence electrons. The maximum atomic E-state index is 11.8. The number of halogens is 1. The molecule has 0 fully saturated rings. The Balaban J connectivity index is 1.95. The molecule has 2 aromatic rings. The van der Waals surface area contributed by atoms with Gasteiger partial charge >= 0.3 is 11.8 Å². The van der Waals surface area contributed by atoms with Crippen LogP contribution in [0.2, 0.25) is 5.02 Å². The number of rotatable bonds is 4. The molecule has 2 N–H and O–H groups in total. The molecule has 7 nitrogen and oxygen atoms in total. The summed E-state index contributed by atoms with van der Waals surface area (Å²) in [6.07, 6.45) is 0. The smallest absolute Gasteiger partial charge is 0.313 e. The summed E-state index contributed by atoms with van der Waals surface area (Å²) in [5, 5.41) is 15.9. The first kappa shape index (κ1) is 16.4. The predicted molar refractivity (Wildman–Crippen MR) is 85.0 cm³/mol. The number of non-ortho nitro benzene ring substituents is 1. The normalized spacial score (nSPS) is 9.96. The minimum Gasteiger partial charge on any atom is -0.344 e. The molecule has 2 aromatic carbocycles. The predicted octanol–water partition coefficient (Wildman–Crippen LogP) is 2.50. The first-order chi connectivity index (χ1) is 11.0. The molecule has 0 radical (unpaired) electrons. The summed E-state index contributed by atoms with van der Waals surface area (Å²) in [4.78, 5) is 33.6. The molecular weight excluding hydrogens is 322 g/mol. The highest BCUT2D eigenvalue weighted by Crippen LogP contribution is 2.17. The maximum absolute atomic E-state index is 11.8. The van der Waals surface area contributed by atoms with E-state index in [1.165, 1.54) is 24.3 Å². The maximum Gasteiger partial charge on any atom is 0.313 e. The number of anilines is 1. The van der Waals surface area contributed by atoms with Gasteiger partial charge in [-0.15, -0.1) is 0 Å². The van der Waals surface area contributed by atoms with Gasteiger partial charge in [0.25, 0.3) is 5.69 Å². The van der Waals surface area contributed by atoms with Crippen LogP contribution in [-0.4, -0.2) is 16.7 Å². The van der Waals surface area contributed by atoms with Gasteiger partial charge in [-0.25, -0.2) is 0 Å². The number of nitrogens with one attached hydrogen (secondary N) is 2. The van der Waals surface area contributed by atoms with Crippen LogP contribution in [-0.2, 0) is 16.1 Å². The van der Waals surface area contributed by atoms with E-state index in [0.717, 1.165) is 0 Å². The molecule has 0 bridgehead atoms. The summed E-state index contributed by atoms with van der Waals surface area (Å²) in [5.41, 5.74) is 0.655. The monoisotopic (exact) mass is 333 g/mol. The lowest BCUT2D eigenvalue weighted by atomic mass is 10.2. The van der Waals surface area contributed by atoms with Crippen LogP contribution in [0.4, 0.5) is 11.4 Å². The van der Waals surface area contributed by atoms with Crippen molar-refractivity contribution in [3.05, 3.63) is 69.2 Å². The molecule has 0 aliphatic carbocycles. The van der Waals surface area contributed by atoms with Crippen LogP contribution in [0.1, 0.15) is 5.56 Å². The highest BCUT2D eigenvalue weighted by molar-refractivity contribution is 6.39. The van der Waals surface area contributed by atoms with Crippen molar-refractivity contribution in [1.82, 2.24) is 5.32 Å². The molecule has 0 saturated carbocycles. The minimum absolute atomic E-state index is 0.0981. The number of benzene rings is 2. The van der Waals surface area contributed by atoms with Gasteiger partial charge in [0, 0.05) is 29.4 Å². The Morgan fingerprint density at radius 2 is 1.83 bits per heavy atom. The van der Waals surface area contributed by atoms with Gasteiger partial charge in [0.1, 0.15) is 0 Å². The van der Waals surface area contributed by atoms with Crippen LogP contribution in [0.3, 0.4) is 0 Å². The molecule has 0 aliphatic rings. The lowest BCUT2D eigenvalue weighted by molar-refractivity contribution is -0.384. The zero-order chi connectivity index (χ0) is 16.8. The van der Waals surface area contributed by atoms with Gasteiger partial charge < -0.3 is 10.6 Å². The van der Waals surface area contributed by atoms with Crippen LogP contribution in [0, 0.1) is 10.1 Å². The fraction of sp³-hybridized carbons (Fsp3) is 0.0667. The lowest BCUT2D eigenvalue weighted by Crippen LogP contribution is -2.35. The number of carbonyl (C=O) groups excluding carboxylic acids is 2. The van der Waals surface area contributed by atoms with E-state index in [9.17, 15) is 19.7 Å². The van der Waals surface area contributed by atoms with Crippen molar-refractivity contribution in [2.24, 2.45) is 0 Å². The third kappa shape index (κ3) is 4.52. The molecule has 2 rings (SSSR count). The highest BCUT2D eigenvalue weighted by Gasteiger charge is 2.15. The van der Waals surface area contributed by atoms with Gasteiger partial charge in [-0.2, -0.15) is 0 Å². The Morgan fingerprint density at radius 1 is 1.09 bits per heavy atom. The number of nitro benzene ring substituents is 1. The first-order valence-electron chi connectivity index (χ1n) is 6.54. The average molecular weight is 334 g/mol. The van der Waals surface area contributed by atoms with Gasteiger partial charge in [-0.1, -0.05) is 35.9 Å². The van der Waals surface area contributed by atoms with E-state index >= 15 is 0 Å². The molecule has 2 amide bonds. The molecular formula is C15H12ClN3O4. The van der Waals surface area contributed by atoms with Gasteiger partial charge in [0.2, 0.25) is 0 Å². The van der Waals surface area contributed by atoms with Gasteiger partial charge in [0.05, 0.1) is 4.92 Å². The lowest BCUT2D eigenvalue weighted by Gasteiger charge is -2.07. The molecule has 0 spiro atoms. The van der Waals surface area contributed by atoms with Crippen molar-refractivity contribution in [3.63, 3.8) is 0 Å². The van der Waals surface area contributed by atoms with E-state index in [1.807, 2.05) is 0 Å². The molecule has 23 heavy (non-hydrogen) atoms. The summed E-state index contributed by atoms with van der Waals surface area (Å²) in [6, 6.07) is 12.2. The number of nitro groups is 1. The molecule has 0 aromatic heterocycles. The number of carbonyl (C=O) groups is 2. The Labute approximate surface area is 136 Å². The third-order valence-corrected chi connectivity index (χ3v) is 3.29. The van der Waals surface area contributed by atoms with E-state index in [0.29, 0.717) is 10.6 Å². The second-order valence-electron chi connectivity index (χ2n) is 4.54. The minimum atomic E-state index is -0.919. The SMILES string of the molecule is O=C(NCc1ccccc1Cl)C(=O)Nc1cccc([N+](=O)[O-])c1. The zero-order valence-electron chi connectivity index (χ0n) is 11.8. The van der Waals surface area contributed by atoms with Crippen molar-refractivity contribution < 1.29 is 14.5 Å². The fourth-order valence-electron chi connectivity index (χ4n) is 1.78. The van der Waals surface area contributed by atoms with Gasteiger partial charge in [0.15, 0.2) is 0 Å². The van der Waals surface area contributed by atoms with E-state index in [-0.39, 0.29) is 17.9 Å². The number of hydrogen-bond donors (Lipinski definition) is 2. The standard InChI is InChI=1S/C15H12ClN3O4/c16-13-7-2-1-4-10(13)9-17-14(20)15(21)18-11-5-3-6-12(8-11)19(22)23/h1-8H,9H2,(H,17,20)(H,18,21). The van der Waals surface area contributed by atoms with Gasteiger partial charge in [-0.3, -0.25) is 19.7 Å². The van der Waals surface area contributed by atoms with Crippen LogP contribution in [0.25, 0.3) is 0 Å². The van der Waals surface area contributed by atoms with Crippen molar-refractivity contribution in [2.45, 2.75) is 6.54 Å². The molecule has 0 unspecified atom stereocenters. The Kier molecular flexibility index (Phi) is 5.27. The molecule has 0 aliphatic heterocycles. The van der Waals surface area contributed by atoms with Crippen molar-refractivity contribution in [1.29, 1.82) is 0 Å². The zero-order valence-corrected chi connectivity index (χ0v) is 12.5. The Morgan fingerprint density at radius 3 is 2.52 bits per heavy atom. The second kappa shape index (κ2) is 7.37. The molecule has 0 atom stereocenters. The van der Waals surface area contributed by atoms with Crippen molar-refractivity contribution >= 4 is 34.8 Å². The summed E-state index contributed by atoms with van der Waals surface area (Å²) in [5.74, 6) is -1.78. The van der Waals surface area contributed by atoms with Crippen LogP contribution in [0.15, 0.2) is 48.5 Å². The summed E-state index contributed by atoms with van der Waals surface area (Å²) >= 11 is 5.95. The number of amides is 2. The van der Waals surface area contributed by atoms with Crippen LogP contribution < -0.4 is 10.6 Å². The first-order valence-corrected chi connectivity index (χ1v) is 6.92. The van der Waals surface area contributed by atoms with E-state index < -0.39 is 16.7 Å². The average Bonchev–Trinajstić information content (AvgIpc) is 2.54. The molecule has 0 heterocycles. The van der Waals surface area contributed by atoms with Crippen LogP contribution in [0.5, 0.6) is 0 Å². The quantitative estimate of drug-likeness (QED) is 0.510. The topological polar surface area (TPSA) is 101 Å². The summed E-state index contributed by atoms with van der Waals surface area (Å²) in [6.45, 7) is 0.0981. The van der Waals surface area contributed by atoms with Gasteiger partial charge in [-0.05, 0) is 17.7 Å². The van der Waals surface area contributed by atoms with E-state index in [1.54, 1.807) is 24.3 Å². The summed E-state index contributed by atoms with van der Waals surface area (Å²) in [7, 11) is 0. The Hall–Kier alpha value is -2.93.